The molecule has 0 bridgehead atoms. The number of aromatic nitrogens is 3. The number of aryl methyl sites for hydroxylation is 1. The molecule has 1 amide bonds. The molecule has 1 aromatic carbocycles. The van der Waals surface area contributed by atoms with Crippen molar-refractivity contribution in [3.63, 3.8) is 0 Å². The van der Waals surface area contributed by atoms with Crippen LogP contribution in [0.5, 0.6) is 0 Å². The number of benzene rings is 1. The van der Waals surface area contributed by atoms with Crippen LogP contribution in [-0.4, -0.2) is 45.0 Å². The fourth-order valence-electron chi connectivity index (χ4n) is 3.95. The molecule has 2 aromatic heterocycles. The largest absolute Gasteiger partial charge is 0.391 e. The van der Waals surface area contributed by atoms with E-state index in [0.717, 1.165) is 53.6 Å². The van der Waals surface area contributed by atoms with Crippen LogP contribution < -0.4 is 10.2 Å². The molecular formula is C21H24ClN5O2. The second-order valence-corrected chi connectivity index (χ2v) is 7.82. The summed E-state index contributed by atoms with van der Waals surface area (Å²) in [5, 5.41) is 18.3. The molecule has 2 aliphatic rings. The van der Waals surface area contributed by atoms with Crippen LogP contribution in [0.15, 0.2) is 36.7 Å². The zero-order valence-corrected chi connectivity index (χ0v) is 17.0. The van der Waals surface area contributed by atoms with Crippen molar-refractivity contribution in [3.05, 3.63) is 47.9 Å². The van der Waals surface area contributed by atoms with Gasteiger partial charge in [-0.2, -0.15) is 5.10 Å². The van der Waals surface area contributed by atoms with Crippen LogP contribution in [0.25, 0.3) is 10.9 Å². The van der Waals surface area contributed by atoms with Crippen LogP contribution in [-0.2, 0) is 7.05 Å². The van der Waals surface area contributed by atoms with Gasteiger partial charge >= 0.3 is 0 Å². The van der Waals surface area contributed by atoms with Gasteiger partial charge in [-0.3, -0.25) is 14.5 Å². The van der Waals surface area contributed by atoms with E-state index in [4.69, 9.17) is 0 Å². The molecule has 3 heterocycles. The van der Waals surface area contributed by atoms with Crippen LogP contribution >= 0.6 is 12.4 Å². The smallest absolute Gasteiger partial charge is 0.274 e. The average Bonchev–Trinajstić information content (AvgIpc) is 3.33. The summed E-state index contributed by atoms with van der Waals surface area (Å²) in [5.74, 6) is 0.277. The summed E-state index contributed by atoms with van der Waals surface area (Å²) in [5.41, 5.74) is 4.25. The Morgan fingerprint density at radius 1 is 1.24 bits per heavy atom. The minimum atomic E-state index is -0.308. The zero-order chi connectivity index (χ0) is 19.3. The van der Waals surface area contributed by atoms with Crippen molar-refractivity contribution >= 4 is 40.6 Å². The highest BCUT2D eigenvalue weighted by atomic mass is 35.5. The fraction of sp³-hybridized carbons (Fsp3) is 0.381. The molecule has 7 nitrogen and oxygen atoms in total. The molecule has 1 aliphatic heterocycles. The summed E-state index contributed by atoms with van der Waals surface area (Å²) in [6.45, 7) is 1.38. The summed E-state index contributed by atoms with van der Waals surface area (Å²) in [6.07, 6.45) is 6.34. The Hall–Kier alpha value is -2.64. The predicted octanol–water partition coefficient (Wildman–Crippen LogP) is 3.09. The molecule has 0 radical (unpaired) electrons. The average molecular weight is 414 g/mol. The van der Waals surface area contributed by atoms with E-state index in [0.29, 0.717) is 18.2 Å². The summed E-state index contributed by atoms with van der Waals surface area (Å²) in [4.78, 5) is 19.3. The van der Waals surface area contributed by atoms with Crippen LogP contribution in [0.1, 0.15) is 41.2 Å². The van der Waals surface area contributed by atoms with Crippen molar-refractivity contribution in [3.8, 4) is 0 Å². The first kappa shape index (κ1) is 19.7. The number of nitrogens with one attached hydrogen (secondary N) is 1. The Balaban J connectivity index is 0.00000205. The van der Waals surface area contributed by atoms with Gasteiger partial charge in [-0.05, 0) is 55.0 Å². The fourth-order valence-corrected chi connectivity index (χ4v) is 3.95. The molecule has 29 heavy (non-hydrogen) atoms. The number of carbonyl (C=O) groups excluding carboxylic acids is 1. The minimum absolute atomic E-state index is 0. The molecule has 1 atom stereocenters. The third-order valence-electron chi connectivity index (χ3n) is 5.56. The Labute approximate surface area is 175 Å². The first-order valence-corrected chi connectivity index (χ1v) is 9.74. The normalized spacial score (nSPS) is 18.7. The zero-order valence-electron chi connectivity index (χ0n) is 16.2. The second-order valence-electron chi connectivity index (χ2n) is 7.82. The van der Waals surface area contributed by atoms with Gasteiger partial charge in [0.15, 0.2) is 0 Å². The topological polar surface area (TPSA) is 83.3 Å². The van der Waals surface area contributed by atoms with Crippen molar-refractivity contribution in [2.24, 2.45) is 7.05 Å². The number of rotatable bonds is 4. The SMILES string of the molecule is Cl.Cn1cc2cc(NC(=O)c3cc(N4CCC(O)C4)ccn3)c(C3CC3)cc2n1. The molecule has 1 saturated carbocycles. The molecule has 2 N–H and O–H groups in total. The molecule has 1 unspecified atom stereocenters. The number of carbonyl (C=O) groups is 1. The summed E-state index contributed by atoms with van der Waals surface area (Å²) in [7, 11) is 1.90. The third-order valence-corrected chi connectivity index (χ3v) is 5.56. The lowest BCUT2D eigenvalue weighted by molar-refractivity contribution is 0.102. The van der Waals surface area contributed by atoms with Crippen molar-refractivity contribution in [2.75, 3.05) is 23.3 Å². The Morgan fingerprint density at radius 3 is 2.79 bits per heavy atom. The Bertz CT molecular complexity index is 1060. The Kier molecular flexibility index (Phi) is 5.19. The van der Waals surface area contributed by atoms with Gasteiger partial charge < -0.3 is 15.3 Å². The van der Waals surface area contributed by atoms with Gasteiger partial charge in [-0.1, -0.05) is 0 Å². The molecule has 2 fully saturated rings. The lowest BCUT2D eigenvalue weighted by Gasteiger charge is -2.18. The quantitative estimate of drug-likeness (QED) is 0.686. The second kappa shape index (κ2) is 7.65. The van der Waals surface area contributed by atoms with Crippen LogP contribution in [0, 0.1) is 0 Å². The molecule has 3 aromatic rings. The highest BCUT2D eigenvalue weighted by molar-refractivity contribution is 6.05. The lowest BCUT2D eigenvalue weighted by atomic mass is 10.1. The summed E-state index contributed by atoms with van der Waals surface area (Å²) < 4.78 is 1.79. The number of aliphatic hydroxyl groups is 1. The number of hydrogen-bond acceptors (Lipinski definition) is 5. The predicted molar refractivity (Wildman–Crippen MR) is 115 cm³/mol. The molecule has 5 rings (SSSR count). The third kappa shape index (κ3) is 3.93. The standard InChI is InChI=1S/C21H23N5O2.ClH/c1-25-11-14-8-19(17(13-2-3-13)10-18(14)24-25)23-21(28)20-9-15(4-6-22-20)26-7-5-16(27)12-26;/h4,6,8-11,13,16,27H,2-3,5,7,12H2,1H3,(H,23,28);1H. The van der Waals surface area contributed by atoms with E-state index in [1.807, 2.05) is 25.4 Å². The van der Waals surface area contributed by atoms with Crippen LogP contribution in [0.3, 0.4) is 0 Å². The number of fused-ring (bicyclic) bond motifs is 1. The lowest BCUT2D eigenvalue weighted by Crippen LogP contribution is -2.22. The van der Waals surface area contributed by atoms with Gasteiger partial charge in [0.2, 0.25) is 0 Å². The van der Waals surface area contributed by atoms with E-state index in [1.54, 1.807) is 16.9 Å². The van der Waals surface area contributed by atoms with Crippen molar-refractivity contribution in [2.45, 2.75) is 31.3 Å². The number of hydrogen-bond donors (Lipinski definition) is 2. The van der Waals surface area contributed by atoms with Crippen molar-refractivity contribution in [1.82, 2.24) is 14.8 Å². The van der Waals surface area contributed by atoms with Crippen LogP contribution in [0.4, 0.5) is 11.4 Å². The maximum atomic E-state index is 12.9. The number of amides is 1. The first-order chi connectivity index (χ1) is 13.6. The maximum Gasteiger partial charge on any atom is 0.274 e. The highest BCUT2D eigenvalue weighted by Gasteiger charge is 2.28. The highest BCUT2D eigenvalue weighted by Crippen LogP contribution is 2.44. The van der Waals surface area contributed by atoms with E-state index < -0.39 is 0 Å². The van der Waals surface area contributed by atoms with E-state index in [-0.39, 0.29) is 24.4 Å². The van der Waals surface area contributed by atoms with Gasteiger partial charge in [-0.25, -0.2) is 0 Å². The van der Waals surface area contributed by atoms with Crippen molar-refractivity contribution in [1.29, 1.82) is 0 Å². The van der Waals surface area contributed by atoms with E-state index in [2.05, 4.69) is 26.4 Å². The number of β-amino-alcohol motifs (C(OH)–C–C–N with tert-alkyl or cyclic N) is 1. The molecule has 152 valence electrons. The van der Waals surface area contributed by atoms with Gasteiger partial charge in [0, 0.05) is 49.3 Å². The van der Waals surface area contributed by atoms with E-state index in [1.165, 1.54) is 0 Å². The van der Waals surface area contributed by atoms with Gasteiger partial charge in [0.05, 0.1) is 11.6 Å². The van der Waals surface area contributed by atoms with Gasteiger partial charge in [0.25, 0.3) is 5.91 Å². The first-order valence-electron chi connectivity index (χ1n) is 9.74. The van der Waals surface area contributed by atoms with E-state index in [9.17, 15) is 9.90 Å². The maximum absolute atomic E-state index is 12.9. The molecule has 0 spiro atoms. The van der Waals surface area contributed by atoms with E-state index >= 15 is 0 Å². The number of anilines is 2. The number of pyridine rings is 1. The number of nitrogens with zero attached hydrogens (tertiary/aromatic N) is 4. The molecule has 1 saturated heterocycles. The van der Waals surface area contributed by atoms with Gasteiger partial charge in [-0.15, -0.1) is 12.4 Å². The number of aliphatic hydroxyl groups excluding tert-OH is 1. The van der Waals surface area contributed by atoms with Gasteiger partial charge in [0.1, 0.15) is 5.69 Å². The summed E-state index contributed by atoms with van der Waals surface area (Å²) in [6, 6.07) is 7.78. The van der Waals surface area contributed by atoms with Crippen LogP contribution in [0.2, 0.25) is 0 Å². The molecule has 8 heteroatoms. The molecule has 1 aliphatic carbocycles. The molecular weight excluding hydrogens is 390 g/mol. The Morgan fingerprint density at radius 2 is 2.07 bits per heavy atom. The monoisotopic (exact) mass is 413 g/mol. The summed E-state index contributed by atoms with van der Waals surface area (Å²) >= 11 is 0. The number of halogens is 1. The van der Waals surface area contributed by atoms with Crippen molar-refractivity contribution < 1.29 is 9.90 Å². The minimum Gasteiger partial charge on any atom is -0.391 e.